The number of hydrogen-bond donors (Lipinski definition) is 2. The number of nitrogens with zero attached hydrogens (tertiary/aromatic N) is 2. The summed E-state index contributed by atoms with van der Waals surface area (Å²) in [6.07, 6.45) is 1.79. The summed E-state index contributed by atoms with van der Waals surface area (Å²) in [5, 5.41) is 2.84. The number of ether oxygens (including phenoxy) is 1. The fourth-order valence-electron chi connectivity index (χ4n) is 5.07. The summed E-state index contributed by atoms with van der Waals surface area (Å²) >= 11 is 0. The Kier molecular flexibility index (Phi) is 6.96. The Morgan fingerprint density at radius 1 is 1.09 bits per heavy atom. The smallest absolute Gasteiger partial charge is 0.247 e. The molecule has 2 aliphatic heterocycles. The first-order valence-electron chi connectivity index (χ1n) is 12.0. The van der Waals surface area contributed by atoms with E-state index in [-0.39, 0.29) is 23.8 Å². The zero-order valence-corrected chi connectivity index (χ0v) is 20.4. The second-order valence-electron chi connectivity index (χ2n) is 10.2. The fraction of sp³-hybridized carbons (Fsp3) is 0.481. The maximum absolute atomic E-state index is 13.5. The van der Waals surface area contributed by atoms with Crippen LogP contribution < -0.4 is 16.0 Å². The van der Waals surface area contributed by atoms with Gasteiger partial charge in [-0.05, 0) is 43.9 Å². The van der Waals surface area contributed by atoms with E-state index in [2.05, 4.69) is 41.5 Å². The third-order valence-electron chi connectivity index (χ3n) is 7.04. The van der Waals surface area contributed by atoms with Gasteiger partial charge in [0, 0.05) is 37.8 Å². The van der Waals surface area contributed by atoms with E-state index < -0.39 is 11.6 Å². The number of benzene rings is 2. The van der Waals surface area contributed by atoms with Gasteiger partial charge in [-0.2, -0.15) is 0 Å². The number of anilines is 1. The highest BCUT2D eigenvalue weighted by Crippen LogP contribution is 2.46. The molecule has 2 heterocycles. The lowest BCUT2D eigenvalue weighted by atomic mass is 9.74. The van der Waals surface area contributed by atoms with Gasteiger partial charge in [0.2, 0.25) is 11.8 Å². The summed E-state index contributed by atoms with van der Waals surface area (Å²) in [5.74, 6) is -0.478. The van der Waals surface area contributed by atoms with Gasteiger partial charge in [-0.1, -0.05) is 48.5 Å². The molecule has 0 bridgehead atoms. The van der Waals surface area contributed by atoms with E-state index in [9.17, 15) is 9.59 Å². The molecule has 7 nitrogen and oxygen atoms in total. The molecule has 0 saturated carbocycles. The van der Waals surface area contributed by atoms with Crippen LogP contribution in [-0.4, -0.2) is 61.6 Å². The van der Waals surface area contributed by atoms with Crippen LogP contribution >= 0.6 is 0 Å². The molecule has 0 radical (unpaired) electrons. The Morgan fingerprint density at radius 2 is 1.74 bits per heavy atom. The molecule has 34 heavy (non-hydrogen) atoms. The predicted molar refractivity (Wildman–Crippen MR) is 133 cm³/mol. The van der Waals surface area contributed by atoms with Crippen LogP contribution in [0.2, 0.25) is 0 Å². The SMILES string of the molecule is CN1CC2(CCN(C(=O)C(COCc3ccccc3)NC(=O)C(C)(C)N)CC2)c2ccccc21. The molecule has 2 aromatic rings. The number of para-hydroxylation sites is 1. The van der Waals surface area contributed by atoms with Crippen LogP contribution in [0.15, 0.2) is 54.6 Å². The number of nitrogens with one attached hydrogen (secondary N) is 1. The number of carbonyl (C=O) groups excluding carboxylic acids is 2. The highest BCUT2D eigenvalue weighted by molar-refractivity contribution is 5.91. The number of hydrogen-bond acceptors (Lipinski definition) is 5. The van der Waals surface area contributed by atoms with Crippen LogP contribution in [0, 0.1) is 0 Å². The average molecular weight is 465 g/mol. The van der Waals surface area contributed by atoms with E-state index in [0.717, 1.165) is 24.9 Å². The van der Waals surface area contributed by atoms with Gasteiger partial charge < -0.3 is 25.6 Å². The molecule has 4 rings (SSSR count). The molecule has 2 aliphatic rings. The molecule has 182 valence electrons. The summed E-state index contributed by atoms with van der Waals surface area (Å²) in [4.78, 5) is 30.3. The summed E-state index contributed by atoms with van der Waals surface area (Å²) in [6, 6.07) is 17.6. The van der Waals surface area contributed by atoms with Gasteiger partial charge in [-0.3, -0.25) is 9.59 Å². The minimum Gasteiger partial charge on any atom is -0.374 e. The van der Waals surface area contributed by atoms with E-state index in [1.807, 2.05) is 35.2 Å². The first kappa shape index (κ1) is 24.2. The lowest BCUT2D eigenvalue weighted by Gasteiger charge is -2.41. The normalized spacial score (nSPS) is 18.0. The number of fused-ring (bicyclic) bond motifs is 2. The van der Waals surface area contributed by atoms with Crippen LogP contribution in [0.25, 0.3) is 0 Å². The number of nitrogens with two attached hydrogens (primary N) is 1. The molecule has 2 amide bonds. The first-order valence-corrected chi connectivity index (χ1v) is 12.0. The van der Waals surface area contributed by atoms with Crippen LogP contribution in [0.1, 0.15) is 37.8 Å². The molecule has 0 aromatic heterocycles. The van der Waals surface area contributed by atoms with E-state index in [0.29, 0.717) is 19.7 Å². The van der Waals surface area contributed by atoms with Gasteiger partial charge in [0.1, 0.15) is 6.04 Å². The molecule has 1 saturated heterocycles. The number of rotatable bonds is 7. The van der Waals surface area contributed by atoms with Crippen molar-refractivity contribution in [3.63, 3.8) is 0 Å². The zero-order valence-electron chi connectivity index (χ0n) is 20.4. The maximum atomic E-state index is 13.5. The lowest BCUT2D eigenvalue weighted by molar-refractivity contribution is -0.140. The van der Waals surface area contributed by atoms with Crippen molar-refractivity contribution in [2.24, 2.45) is 5.73 Å². The number of carbonyl (C=O) groups is 2. The third-order valence-corrected chi connectivity index (χ3v) is 7.04. The van der Waals surface area contributed by atoms with Crippen LogP contribution in [0.3, 0.4) is 0 Å². The third kappa shape index (κ3) is 5.10. The number of likely N-dealkylation sites (tertiary alicyclic amines) is 1. The average Bonchev–Trinajstić information content (AvgIpc) is 3.10. The molecule has 3 N–H and O–H groups in total. The molecule has 1 fully saturated rings. The van der Waals surface area contributed by atoms with Crippen LogP contribution in [0.4, 0.5) is 5.69 Å². The fourth-order valence-corrected chi connectivity index (χ4v) is 5.07. The monoisotopic (exact) mass is 464 g/mol. The molecule has 1 spiro atoms. The van der Waals surface area contributed by atoms with Crippen molar-refractivity contribution in [3.8, 4) is 0 Å². The number of likely N-dealkylation sites (N-methyl/N-ethyl adjacent to an activating group) is 1. The van der Waals surface area contributed by atoms with Crippen molar-refractivity contribution in [2.75, 3.05) is 38.2 Å². The van der Waals surface area contributed by atoms with Gasteiger partial charge in [0.05, 0.1) is 18.8 Å². The zero-order chi connectivity index (χ0) is 24.3. The van der Waals surface area contributed by atoms with Crippen molar-refractivity contribution >= 4 is 17.5 Å². The Bertz CT molecular complexity index is 1010. The van der Waals surface area contributed by atoms with E-state index in [1.54, 1.807) is 13.8 Å². The van der Waals surface area contributed by atoms with Crippen molar-refractivity contribution < 1.29 is 14.3 Å². The molecule has 7 heteroatoms. The summed E-state index contributed by atoms with van der Waals surface area (Å²) in [5.41, 5.74) is 8.65. The standard InChI is InChI=1S/C27H36N4O3/c1-26(2,28)25(33)29-22(18-34-17-20-9-5-4-6-10-20)24(32)31-15-13-27(14-16-31)19-30(3)23-12-8-7-11-21(23)27/h4-12,22H,13-19,28H2,1-3H3,(H,29,33). The Hall–Kier alpha value is -2.90. The van der Waals surface area contributed by atoms with Gasteiger partial charge in [-0.15, -0.1) is 0 Å². The molecular weight excluding hydrogens is 428 g/mol. The topological polar surface area (TPSA) is 87.9 Å². The van der Waals surface area contributed by atoms with Gasteiger partial charge in [0.15, 0.2) is 0 Å². The van der Waals surface area contributed by atoms with Crippen molar-refractivity contribution in [1.82, 2.24) is 10.2 Å². The van der Waals surface area contributed by atoms with Crippen molar-refractivity contribution in [2.45, 2.75) is 50.3 Å². The largest absolute Gasteiger partial charge is 0.374 e. The molecule has 1 unspecified atom stereocenters. The Morgan fingerprint density at radius 3 is 2.41 bits per heavy atom. The second-order valence-corrected chi connectivity index (χ2v) is 10.2. The van der Waals surface area contributed by atoms with Crippen molar-refractivity contribution in [3.05, 3.63) is 65.7 Å². The molecular formula is C27H36N4O3. The van der Waals surface area contributed by atoms with E-state index in [1.165, 1.54) is 11.3 Å². The summed E-state index contributed by atoms with van der Waals surface area (Å²) < 4.78 is 5.85. The molecule has 2 aromatic carbocycles. The van der Waals surface area contributed by atoms with Gasteiger partial charge >= 0.3 is 0 Å². The predicted octanol–water partition coefficient (Wildman–Crippen LogP) is 2.44. The van der Waals surface area contributed by atoms with E-state index >= 15 is 0 Å². The summed E-state index contributed by atoms with van der Waals surface area (Å²) in [6.45, 7) is 6.01. The Balaban J connectivity index is 1.42. The first-order chi connectivity index (χ1) is 16.2. The molecule has 0 aliphatic carbocycles. The minimum absolute atomic E-state index is 0.0733. The minimum atomic E-state index is -1.08. The van der Waals surface area contributed by atoms with E-state index in [4.69, 9.17) is 10.5 Å². The van der Waals surface area contributed by atoms with Gasteiger partial charge in [0.25, 0.3) is 0 Å². The van der Waals surface area contributed by atoms with Crippen molar-refractivity contribution in [1.29, 1.82) is 0 Å². The maximum Gasteiger partial charge on any atom is 0.247 e. The highest BCUT2D eigenvalue weighted by Gasteiger charge is 2.44. The highest BCUT2D eigenvalue weighted by atomic mass is 16.5. The lowest BCUT2D eigenvalue weighted by Crippen LogP contribution is -2.59. The van der Waals surface area contributed by atoms with Crippen LogP contribution in [-0.2, 0) is 26.3 Å². The number of amides is 2. The molecule has 1 atom stereocenters. The second kappa shape index (κ2) is 9.76. The van der Waals surface area contributed by atoms with Crippen LogP contribution in [0.5, 0.6) is 0 Å². The number of piperidine rings is 1. The Labute approximate surface area is 202 Å². The van der Waals surface area contributed by atoms with Gasteiger partial charge in [-0.25, -0.2) is 0 Å². The summed E-state index contributed by atoms with van der Waals surface area (Å²) in [7, 11) is 2.13. The quantitative estimate of drug-likeness (QED) is 0.657.